The SMILES string of the molecule is CCO/N=C(\C(=O)NC1C(=O)N2C(C(=O)[O-])=C(C[n+]3cccc4c3ncn4CC[C@H](N)C(N)=O)CSC12)c1nsc(N)n1. The molecule has 3 aromatic heterocycles. The molecule has 3 aromatic rings. The van der Waals surface area contributed by atoms with E-state index in [2.05, 4.69) is 24.8 Å². The minimum atomic E-state index is -1.52. The summed E-state index contributed by atoms with van der Waals surface area (Å²) < 4.78 is 7.56. The third-order valence-electron chi connectivity index (χ3n) is 6.74. The first-order chi connectivity index (χ1) is 20.6. The third kappa shape index (κ3) is 5.86. The average molecular weight is 630 g/mol. The van der Waals surface area contributed by atoms with Crippen molar-refractivity contribution in [1.29, 1.82) is 0 Å². The Morgan fingerprint density at radius 3 is 2.84 bits per heavy atom. The Hall–Kier alpha value is -4.62. The third-order valence-corrected chi connectivity index (χ3v) is 8.62. The zero-order chi connectivity index (χ0) is 30.8. The van der Waals surface area contributed by atoms with Crippen molar-refractivity contribution >= 4 is 69.0 Å². The monoisotopic (exact) mass is 629 g/mol. The van der Waals surface area contributed by atoms with Gasteiger partial charge in [0.1, 0.15) is 30.1 Å². The fraction of sp³-hybridized carbons (Fsp3) is 0.375. The van der Waals surface area contributed by atoms with Gasteiger partial charge in [0.2, 0.25) is 23.8 Å². The van der Waals surface area contributed by atoms with Gasteiger partial charge in [0.15, 0.2) is 5.13 Å². The smallest absolute Gasteiger partial charge is 0.349 e. The highest BCUT2D eigenvalue weighted by Gasteiger charge is 2.53. The first-order valence-corrected chi connectivity index (χ1v) is 14.8. The molecule has 0 aromatic carbocycles. The molecule has 0 bridgehead atoms. The number of carbonyl (C=O) groups is 4. The van der Waals surface area contributed by atoms with Gasteiger partial charge >= 0.3 is 5.65 Å². The molecule has 0 saturated carbocycles. The van der Waals surface area contributed by atoms with Crippen LogP contribution in [-0.2, 0) is 37.1 Å². The van der Waals surface area contributed by atoms with E-state index in [-0.39, 0.29) is 41.3 Å². The highest BCUT2D eigenvalue weighted by atomic mass is 32.2. The van der Waals surface area contributed by atoms with Crippen molar-refractivity contribution in [2.24, 2.45) is 16.6 Å². The molecule has 1 fully saturated rings. The highest BCUT2D eigenvalue weighted by Crippen LogP contribution is 2.40. The number of pyridine rings is 1. The van der Waals surface area contributed by atoms with E-state index in [0.29, 0.717) is 24.2 Å². The average Bonchev–Trinajstić information content (AvgIpc) is 3.60. The van der Waals surface area contributed by atoms with E-state index in [4.69, 9.17) is 22.0 Å². The molecule has 1 saturated heterocycles. The molecule has 2 aliphatic rings. The molecule has 3 atom stereocenters. The maximum atomic E-state index is 13.2. The van der Waals surface area contributed by atoms with E-state index in [1.165, 1.54) is 11.8 Å². The lowest BCUT2D eigenvalue weighted by atomic mass is 10.0. The Balaban J connectivity index is 1.35. The normalized spacial score (nSPS) is 19.2. The number of aryl methyl sites for hydroxylation is 1. The summed E-state index contributed by atoms with van der Waals surface area (Å²) in [5.41, 5.74) is 17.8. The highest BCUT2D eigenvalue weighted by molar-refractivity contribution is 8.00. The summed E-state index contributed by atoms with van der Waals surface area (Å²) in [6.45, 7) is 2.35. The number of amides is 3. The van der Waals surface area contributed by atoms with Crippen LogP contribution in [0.25, 0.3) is 11.2 Å². The predicted molar refractivity (Wildman–Crippen MR) is 151 cm³/mol. The number of hydrogen-bond acceptors (Lipinski definition) is 14. The number of rotatable bonds is 12. The maximum Gasteiger partial charge on any atom is 0.349 e. The second-order valence-corrected chi connectivity index (χ2v) is 11.4. The lowest BCUT2D eigenvalue weighted by molar-refractivity contribution is -0.664. The van der Waals surface area contributed by atoms with Gasteiger partial charge in [-0.15, -0.1) is 11.8 Å². The second-order valence-electron chi connectivity index (χ2n) is 9.49. The van der Waals surface area contributed by atoms with Gasteiger partial charge in [-0.1, -0.05) is 5.16 Å². The van der Waals surface area contributed by atoms with E-state index in [1.54, 1.807) is 30.1 Å². The van der Waals surface area contributed by atoms with Crippen LogP contribution in [0.15, 0.2) is 41.1 Å². The summed E-state index contributed by atoms with van der Waals surface area (Å²) in [6.07, 6.45) is 3.65. The van der Waals surface area contributed by atoms with Crippen LogP contribution in [0.3, 0.4) is 0 Å². The van der Waals surface area contributed by atoms with Crippen molar-refractivity contribution < 1.29 is 33.7 Å². The molecule has 0 aliphatic carbocycles. The first kappa shape index (κ1) is 29.9. The number of oxime groups is 1. The number of primary amides is 1. The largest absolute Gasteiger partial charge is 0.543 e. The Kier molecular flexibility index (Phi) is 8.55. The van der Waals surface area contributed by atoms with Gasteiger partial charge in [-0.2, -0.15) is 9.36 Å². The number of imidazole rings is 1. The topological polar surface area (TPSA) is 254 Å². The number of nitrogens with one attached hydrogen (secondary N) is 1. The number of nitrogen functional groups attached to an aromatic ring is 1. The van der Waals surface area contributed by atoms with Crippen LogP contribution in [0.4, 0.5) is 5.13 Å². The van der Waals surface area contributed by atoms with Crippen LogP contribution in [-0.4, -0.2) is 83.0 Å². The summed E-state index contributed by atoms with van der Waals surface area (Å²) in [6, 6.07) is 1.78. The molecule has 43 heavy (non-hydrogen) atoms. The van der Waals surface area contributed by atoms with Crippen molar-refractivity contribution in [3.05, 3.63) is 41.8 Å². The van der Waals surface area contributed by atoms with Gasteiger partial charge in [-0.25, -0.2) is 4.57 Å². The van der Waals surface area contributed by atoms with E-state index in [0.717, 1.165) is 21.9 Å². The molecule has 0 spiro atoms. The number of nitrogens with two attached hydrogens (primary N) is 3. The fourth-order valence-electron chi connectivity index (χ4n) is 4.66. The number of aliphatic carboxylic acids is 1. The van der Waals surface area contributed by atoms with Gasteiger partial charge in [-0.05, 0) is 30.5 Å². The number of carbonyl (C=O) groups excluding carboxylic acids is 4. The number of carboxylic acid groups (broad SMARTS) is 1. The van der Waals surface area contributed by atoms with Crippen LogP contribution in [0.2, 0.25) is 0 Å². The van der Waals surface area contributed by atoms with Gasteiger partial charge in [0.05, 0.1) is 23.9 Å². The van der Waals surface area contributed by atoms with Crippen molar-refractivity contribution in [1.82, 2.24) is 29.1 Å². The minimum Gasteiger partial charge on any atom is -0.543 e. The zero-order valence-corrected chi connectivity index (χ0v) is 24.3. The van der Waals surface area contributed by atoms with Gasteiger partial charge in [-0.3, -0.25) is 19.3 Å². The molecule has 226 valence electrons. The minimum absolute atomic E-state index is 0.0599. The standard InChI is InChI=1S/C24H27N11O6S2/c1-2-41-31-14(18-30-24(27)43-32-18)20(37)29-15-21(38)35-16(23(39)40)11(9-42-22(15)35)8-33-6-3-4-13-19(33)28-10-34(13)7-5-12(25)17(26)36/h3-4,6,10,12,15,22H,2,5,7-9,25H2,1H3,(H5-,26,27,29,30,32,36,37,39,40)/b31-14-/t12-,15?,22?/m0/s1. The number of anilines is 1. The second kappa shape index (κ2) is 12.3. The van der Waals surface area contributed by atoms with E-state index in [9.17, 15) is 24.3 Å². The summed E-state index contributed by atoms with van der Waals surface area (Å²) in [5.74, 6) is -3.33. The Morgan fingerprint density at radius 2 is 2.16 bits per heavy atom. The molecular weight excluding hydrogens is 602 g/mol. The van der Waals surface area contributed by atoms with Crippen LogP contribution in [0.5, 0.6) is 0 Å². The molecule has 3 amide bonds. The van der Waals surface area contributed by atoms with Gasteiger partial charge in [0.25, 0.3) is 11.8 Å². The quantitative estimate of drug-likeness (QED) is 0.0669. The molecule has 19 heteroatoms. The molecule has 7 N–H and O–H groups in total. The molecule has 0 radical (unpaired) electrons. The number of thioether (sulfide) groups is 1. The van der Waals surface area contributed by atoms with E-state index >= 15 is 0 Å². The van der Waals surface area contributed by atoms with Crippen LogP contribution >= 0.6 is 23.3 Å². The molecule has 2 aliphatic heterocycles. The van der Waals surface area contributed by atoms with Gasteiger partial charge < -0.3 is 41.8 Å². The number of hydrogen-bond donors (Lipinski definition) is 4. The van der Waals surface area contributed by atoms with Crippen molar-refractivity contribution in [2.75, 3.05) is 18.1 Å². The van der Waals surface area contributed by atoms with Crippen LogP contribution in [0, 0.1) is 0 Å². The van der Waals surface area contributed by atoms with Crippen LogP contribution in [0.1, 0.15) is 19.2 Å². The maximum absolute atomic E-state index is 13.2. The Bertz CT molecular complexity index is 1670. The first-order valence-electron chi connectivity index (χ1n) is 13.0. The number of aromatic nitrogens is 5. The van der Waals surface area contributed by atoms with Crippen molar-refractivity contribution in [2.45, 2.75) is 43.9 Å². The molecule has 17 nitrogen and oxygen atoms in total. The number of nitrogens with zero attached hydrogens (tertiary/aromatic N) is 7. The van der Waals surface area contributed by atoms with Crippen molar-refractivity contribution in [3.63, 3.8) is 0 Å². The summed E-state index contributed by atoms with van der Waals surface area (Å²) in [4.78, 5) is 64.4. The number of carboxylic acids is 1. The molecule has 5 heterocycles. The Morgan fingerprint density at radius 1 is 1.37 bits per heavy atom. The van der Waals surface area contributed by atoms with E-state index < -0.39 is 41.1 Å². The number of fused-ring (bicyclic) bond motifs is 2. The fourth-order valence-corrected chi connectivity index (χ4v) is 6.43. The summed E-state index contributed by atoms with van der Waals surface area (Å²) in [7, 11) is 0. The molecular formula is C24H27N11O6S2. The lowest BCUT2D eigenvalue weighted by Gasteiger charge is -2.50. The van der Waals surface area contributed by atoms with E-state index in [1.807, 2.05) is 10.6 Å². The zero-order valence-electron chi connectivity index (χ0n) is 22.7. The summed E-state index contributed by atoms with van der Waals surface area (Å²) in [5, 5.41) is 18.1. The lowest BCUT2D eigenvalue weighted by Crippen LogP contribution is -2.71. The molecule has 2 unspecified atom stereocenters. The molecule has 5 rings (SSSR count). The Labute approximate surface area is 251 Å². The van der Waals surface area contributed by atoms with Crippen LogP contribution < -0.4 is 32.2 Å². The van der Waals surface area contributed by atoms with Crippen molar-refractivity contribution in [3.8, 4) is 0 Å². The predicted octanol–water partition coefficient (Wildman–Crippen LogP) is -3.20. The van der Waals surface area contributed by atoms with Gasteiger partial charge in [0, 0.05) is 29.4 Å². The number of β-lactam (4-membered cyclic amide) rings is 1. The summed E-state index contributed by atoms with van der Waals surface area (Å²) >= 11 is 2.16.